The average molecular weight is 601 g/mol. The highest BCUT2D eigenvalue weighted by atomic mass is 19.1. The van der Waals surface area contributed by atoms with Crippen molar-refractivity contribution in [2.75, 3.05) is 5.32 Å². The average Bonchev–Trinajstić information content (AvgIpc) is 3.63. The van der Waals surface area contributed by atoms with Crippen molar-refractivity contribution in [1.29, 1.82) is 0 Å². The van der Waals surface area contributed by atoms with Crippen LogP contribution in [-0.2, 0) is 23.4 Å². The minimum Gasteiger partial charge on any atom is -0.456 e. The van der Waals surface area contributed by atoms with Crippen LogP contribution < -0.4 is 16.2 Å². The van der Waals surface area contributed by atoms with Gasteiger partial charge in [-0.05, 0) is 61.9 Å². The van der Waals surface area contributed by atoms with Crippen molar-refractivity contribution in [1.82, 2.24) is 24.8 Å². The molecule has 3 aromatic carbocycles. The van der Waals surface area contributed by atoms with Crippen LogP contribution in [0.1, 0.15) is 25.1 Å². The number of nitrogens with one attached hydrogen (secondary N) is 3. The number of halogens is 1. The van der Waals surface area contributed by atoms with Gasteiger partial charge in [0.1, 0.15) is 35.0 Å². The molecule has 0 aliphatic carbocycles. The number of fused-ring (bicyclic) bond motifs is 4. The Labute approximate surface area is 256 Å². The number of amides is 1. The molecule has 0 aliphatic rings. The van der Waals surface area contributed by atoms with Gasteiger partial charge in [-0.2, -0.15) is 0 Å². The van der Waals surface area contributed by atoms with Crippen LogP contribution in [0.5, 0.6) is 0 Å². The normalized spacial score (nSPS) is 11.8. The first-order valence-electron chi connectivity index (χ1n) is 14.5. The molecular formula is C35H29FN6O3. The summed E-state index contributed by atoms with van der Waals surface area (Å²) in [6.45, 7) is 3.75. The lowest BCUT2D eigenvalue weighted by molar-refractivity contribution is -0.121. The summed E-state index contributed by atoms with van der Waals surface area (Å²) < 4.78 is 22.1. The lowest BCUT2D eigenvalue weighted by Crippen LogP contribution is -2.37. The Morgan fingerprint density at radius 3 is 2.62 bits per heavy atom. The smallest absolute Gasteiger partial charge is 0.277 e. The summed E-state index contributed by atoms with van der Waals surface area (Å²) in [5.41, 5.74) is 3.23. The van der Waals surface area contributed by atoms with E-state index >= 15 is 0 Å². The van der Waals surface area contributed by atoms with Crippen LogP contribution in [0.3, 0.4) is 0 Å². The van der Waals surface area contributed by atoms with Crippen LogP contribution >= 0.6 is 0 Å². The highest BCUT2D eigenvalue weighted by Gasteiger charge is 2.25. The second kappa shape index (κ2) is 11.1. The number of nitrogens with zero attached hydrogens (tertiary/aromatic N) is 3. The topological polar surface area (TPSA) is 118 Å². The van der Waals surface area contributed by atoms with Gasteiger partial charge in [-0.1, -0.05) is 36.4 Å². The van der Waals surface area contributed by atoms with E-state index in [2.05, 4.69) is 25.6 Å². The molecule has 0 saturated carbocycles. The molecule has 4 aromatic heterocycles. The number of H-pyrrole nitrogens is 1. The minimum absolute atomic E-state index is 0.0552. The standard InChI is InChI=1S/C35H29FN6O3/c1-35(2,22-11-12-31-26(16-22)24-7-4-6-10-30(24)45-31)41-29-19-39-33(25-8-3-5-9-27(25)36)42(34(29)44)20-32(43)38-18-23-15-21-17-37-14-13-28(21)40-23/h3-17,19,40-41H,18,20H2,1-2H3,(H,38,43). The number of rotatable bonds is 8. The van der Waals surface area contributed by atoms with E-state index in [0.29, 0.717) is 0 Å². The van der Waals surface area contributed by atoms with Gasteiger partial charge in [-0.25, -0.2) is 9.37 Å². The molecule has 45 heavy (non-hydrogen) atoms. The molecule has 9 nitrogen and oxygen atoms in total. The lowest BCUT2D eigenvalue weighted by atomic mass is 9.92. The van der Waals surface area contributed by atoms with Crippen molar-refractivity contribution in [3.63, 3.8) is 0 Å². The molecule has 1 amide bonds. The summed E-state index contributed by atoms with van der Waals surface area (Å²) in [5.74, 6) is -0.923. The molecule has 0 aliphatic heterocycles. The third-order valence-corrected chi connectivity index (χ3v) is 7.96. The van der Waals surface area contributed by atoms with E-state index in [1.807, 2.05) is 68.4 Å². The number of anilines is 1. The largest absolute Gasteiger partial charge is 0.456 e. The number of aromatic amines is 1. The van der Waals surface area contributed by atoms with Gasteiger partial charge in [0.25, 0.3) is 5.56 Å². The summed E-state index contributed by atoms with van der Waals surface area (Å²) in [6.07, 6.45) is 4.81. The van der Waals surface area contributed by atoms with Crippen LogP contribution in [0, 0.1) is 5.82 Å². The van der Waals surface area contributed by atoms with Gasteiger partial charge in [-0.15, -0.1) is 0 Å². The molecule has 224 valence electrons. The van der Waals surface area contributed by atoms with Crippen molar-refractivity contribution in [2.45, 2.75) is 32.5 Å². The molecule has 0 bridgehead atoms. The van der Waals surface area contributed by atoms with Gasteiger partial charge in [0, 0.05) is 39.8 Å². The quantitative estimate of drug-likeness (QED) is 0.184. The van der Waals surface area contributed by atoms with E-state index in [9.17, 15) is 14.0 Å². The van der Waals surface area contributed by atoms with Crippen molar-refractivity contribution < 1.29 is 13.6 Å². The van der Waals surface area contributed by atoms with Gasteiger partial charge in [0.15, 0.2) is 0 Å². The molecule has 7 aromatic rings. The van der Waals surface area contributed by atoms with Crippen LogP contribution in [0.4, 0.5) is 10.1 Å². The van der Waals surface area contributed by atoms with Gasteiger partial charge in [0.2, 0.25) is 5.91 Å². The number of carbonyl (C=O) groups excluding carboxylic acids is 1. The minimum atomic E-state index is -0.725. The molecule has 0 atom stereocenters. The summed E-state index contributed by atoms with van der Waals surface area (Å²) in [7, 11) is 0. The van der Waals surface area contributed by atoms with E-state index in [4.69, 9.17) is 4.42 Å². The summed E-state index contributed by atoms with van der Waals surface area (Å²) in [4.78, 5) is 39.0. The van der Waals surface area contributed by atoms with Crippen LogP contribution in [0.15, 0.2) is 107 Å². The Morgan fingerprint density at radius 1 is 0.978 bits per heavy atom. The molecule has 3 N–H and O–H groups in total. The van der Waals surface area contributed by atoms with E-state index in [1.54, 1.807) is 24.5 Å². The number of carbonyl (C=O) groups is 1. The Hall–Kier alpha value is -5.77. The Morgan fingerprint density at radius 2 is 1.78 bits per heavy atom. The van der Waals surface area contributed by atoms with Crippen molar-refractivity contribution in [3.05, 3.63) is 125 Å². The second-order valence-electron chi connectivity index (χ2n) is 11.5. The monoisotopic (exact) mass is 600 g/mol. The van der Waals surface area contributed by atoms with Crippen LogP contribution in [-0.4, -0.2) is 25.4 Å². The second-order valence-corrected chi connectivity index (χ2v) is 11.5. The third kappa shape index (κ3) is 5.31. The Balaban J connectivity index is 1.20. The Bertz CT molecular complexity index is 2250. The predicted molar refractivity (Wildman–Crippen MR) is 172 cm³/mol. The number of pyridine rings is 1. The fourth-order valence-electron chi connectivity index (χ4n) is 5.63. The number of furan rings is 1. The third-order valence-electron chi connectivity index (χ3n) is 7.96. The van der Waals surface area contributed by atoms with E-state index in [0.717, 1.165) is 44.1 Å². The van der Waals surface area contributed by atoms with Gasteiger partial charge < -0.3 is 20.0 Å². The Kier molecular flexibility index (Phi) is 6.89. The maximum Gasteiger partial charge on any atom is 0.277 e. The zero-order valence-corrected chi connectivity index (χ0v) is 24.6. The zero-order chi connectivity index (χ0) is 31.1. The molecule has 4 heterocycles. The number of hydrogen-bond donors (Lipinski definition) is 3. The molecular weight excluding hydrogens is 571 g/mol. The van der Waals surface area contributed by atoms with Gasteiger partial charge in [0.05, 0.1) is 23.8 Å². The number of aromatic nitrogens is 4. The summed E-state index contributed by atoms with van der Waals surface area (Å²) >= 11 is 0. The maximum atomic E-state index is 14.9. The number of hydrogen-bond acceptors (Lipinski definition) is 6. The predicted octanol–water partition coefficient (Wildman–Crippen LogP) is 6.49. The molecule has 7 rings (SSSR count). The lowest BCUT2D eigenvalue weighted by Gasteiger charge is -2.28. The highest BCUT2D eigenvalue weighted by Crippen LogP contribution is 2.33. The zero-order valence-electron chi connectivity index (χ0n) is 24.6. The first-order valence-corrected chi connectivity index (χ1v) is 14.5. The van der Waals surface area contributed by atoms with Crippen LogP contribution in [0.2, 0.25) is 0 Å². The highest BCUT2D eigenvalue weighted by molar-refractivity contribution is 6.05. The van der Waals surface area contributed by atoms with E-state index in [1.165, 1.54) is 22.9 Å². The van der Waals surface area contributed by atoms with E-state index < -0.39 is 22.8 Å². The molecule has 10 heteroatoms. The molecule has 0 radical (unpaired) electrons. The summed E-state index contributed by atoms with van der Waals surface area (Å²) in [5, 5.41) is 9.06. The summed E-state index contributed by atoms with van der Waals surface area (Å²) in [6, 6.07) is 23.5. The molecule has 0 fully saturated rings. The SMILES string of the molecule is CC(C)(Nc1cnc(-c2ccccc2F)n(CC(=O)NCc2cc3cnccc3[nH]2)c1=O)c1ccc2oc3ccccc3c2c1. The maximum absolute atomic E-state index is 14.9. The van der Waals surface area contributed by atoms with E-state index in [-0.39, 0.29) is 30.2 Å². The first kappa shape index (κ1) is 28.0. The fourth-order valence-corrected chi connectivity index (χ4v) is 5.63. The van der Waals surface area contributed by atoms with Gasteiger partial charge in [-0.3, -0.25) is 19.1 Å². The molecule has 0 unspecified atom stereocenters. The first-order chi connectivity index (χ1) is 21.8. The van der Waals surface area contributed by atoms with Crippen LogP contribution in [0.25, 0.3) is 44.2 Å². The number of benzene rings is 3. The molecule has 0 saturated heterocycles. The number of para-hydroxylation sites is 1. The van der Waals surface area contributed by atoms with Crippen molar-refractivity contribution in [2.24, 2.45) is 0 Å². The van der Waals surface area contributed by atoms with Gasteiger partial charge >= 0.3 is 0 Å². The molecule has 0 spiro atoms. The fraction of sp³-hybridized carbons (Fsp3) is 0.143. The van der Waals surface area contributed by atoms with Crippen molar-refractivity contribution in [3.8, 4) is 11.4 Å². The van der Waals surface area contributed by atoms with Crippen molar-refractivity contribution >= 4 is 44.4 Å².